The second-order valence-corrected chi connectivity index (χ2v) is 14.5. The third kappa shape index (κ3) is 3.96. The maximum absolute atomic E-state index is 5.97. The molecule has 16 heavy (non-hydrogen) atoms. The Bertz CT molecular complexity index is 201. The highest BCUT2D eigenvalue weighted by Crippen LogP contribution is 2.24. The van der Waals surface area contributed by atoms with E-state index in [1.54, 1.807) is 0 Å². The quantitative estimate of drug-likeness (QED) is 0.714. The van der Waals surface area contributed by atoms with Gasteiger partial charge < -0.3 is 13.6 Å². The van der Waals surface area contributed by atoms with Crippen LogP contribution in [0.5, 0.6) is 0 Å². The molecule has 0 aliphatic carbocycles. The van der Waals surface area contributed by atoms with Crippen molar-refractivity contribution in [2.75, 3.05) is 20.7 Å². The van der Waals surface area contributed by atoms with Crippen molar-refractivity contribution in [2.45, 2.75) is 46.5 Å². The van der Waals surface area contributed by atoms with Gasteiger partial charge in [-0.2, -0.15) is 0 Å². The fourth-order valence-electron chi connectivity index (χ4n) is 2.47. The summed E-state index contributed by atoms with van der Waals surface area (Å²) < 4.78 is 8.62. The highest BCUT2D eigenvalue weighted by atomic mass is 28.4. The van der Waals surface area contributed by atoms with Crippen LogP contribution < -0.4 is 4.98 Å². The molecule has 5 heteroatoms. The van der Waals surface area contributed by atoms with E-state index in [2.05, 4.69) is 56.7 Å². The summed E-state index contributed by atoms with van der Waals surface area (Å²) in [6, 6.07) is 1.15. The Hall–Kier alpha value is 0.314. The van der Waals surface area contributed by atoms with Gasteiger partial charge in [0.15, 0.2) is 0 Å². The Morgan fingerprint density at radius 2 is 1.75 bits per heavy atom. The lowest BCUT2D eigenvalue weighted by Gasteiger charge is -2.46. The molecule has 0 spiro atoms. The first-order chi connectivity index (χ1) is 7.23. The lowest BCUT2D eigenvalue weighted by Crippen LogP contribution is -2.71. The van der Waals surface area contributed by atoms with Crippen molar-refractivity contribution in [3.8, 4) is 0 Å². The van der Waals surface area contributed by atoms with Gasteiger partial charge in [0.2, 0.25) is 0 Å². The molecule has 0 saturated carbocycles. The number of nitrogens with one attached hydrogen (secondary N) is 1. The maximum atomic E-state index is 5.97. The molecular weight excluding hydrogens is 232 g/mol. The van der Waals surface area contributed by atoms with E-state index in [0.717, 1.165) is 12.6 Å². The molecule has 0 aliphatic rings. The first-order valence-corrected chi connectivity index (χ1v) is 11.8. The Balaban J connectivity index is 5.12. The van der Waals surface area contributed by atoms with Crippen molar-refractivity contribution >= 4 is 16.9 Å². The predicted octanol–water partition coefficient (Wildman–Crippen LogP) is 2.60. The summed E-state index contributed by atoms with van der Waals surface area (Å²) in [6.45, 7) is 15.1. The molecule has 0 aromatic rings. The summed E-state index contributed by atoms with van der Waals surface area (Å²) in [6.07, 6.45) is 0. The van der Waals surface area contributed by atoms with Gasteiger partial charge in [0, 0.05) is 7.11 Å². The summed E-state index contributed by atoms with van der Waals surface area (Å²) >= 11 is 0. The minimum absolute atomic E-state index is 0.671. The van der Waals surface area contributed by atoms with Crippen LogP contribution in [0.25, 0.3) is 0 Å². The summed E-state index contributed by atoms with van der Waals surface area (Å²) in [4.78, 5) is 3.53. The number of hydrogen-bond donors (Lipinski definition) is 1. The monoisotopic (exact) mass is 262 g/mol. The number of hydrogen-bond acceptors (Lipinski definition) is 3. The topological polar surface area (TPSA) is 24.5 Å². The second kappa shape index (κ2) is 6.30. The van der Waals surface area contributed by atoms with Crippen molar-refractivity contribution in [3.63, 3.8) is 0 Å². The van der Waals surface area contributed by atoms with Gasteiger partial charge in [-0.05, 0) is 25.6 Å². The Labute approximate surface area is 104 Å². The summed E-state index contributed by atoms with van der Waals surface area (Å²) in [5.74, 6) is 0.671. The molecule has 1 atom stereocenters. The Morgan fingerprint density at radius 1 is 1.25 bits per heavy atom. The molecule has 1 N–H and O–H groups in total. The van der Waals surface area contributed by atoms with Crippen LogP contribution in [0.3, 0.4) is 0 Å². The van der Waals surface area contributed by atoms with Gasteiger partial charge in [-0.1, -0.05) is 40.4 Å². The van der Waals surface area contributed by atoms with E-state index in [-0.39, 0.29) is 0 Å². The zero-order valence-corrected chi connectivity index (χ0v) is 14.3. The van der Waals surface area contributed by atoms with Crippen molar-refractivity contribution in [3.05, 3.63) is 0 Å². The van der Waals surface area contributed by atoms with E-state index in [9.17, 15) is 0 Å². The molecule has 1 unspecified atom stereocenters. The predicted molar refractivity (Wildman–Crippen MR) is 77.2 cm³/mol. The zero-order valence-electron chi connectivity index (χ0n) is 12.3. The maximum Gasteiger partial charge on any atom is 0.347 e. The van der Waals surface area contributed by atoms with Crippen LogP contribution in [0, 0.1) is 5.92 Å². The largest absolute Gasteiger partial charge is 0.395 e. The molecule has 0 radical (unpaired) electrons. The third-order valence-corrected chi connectivity index (χ3v) is 12.0. The fraction of sp³-hybridized carbons (Fsp3) is 1.00. The highest BCUT2D eigenvalue weighted by Gasteiger charge is 2.45. The molecule has 0 heterocycles. The van der Waals surface area contributed by atoms with E-state index in [4.69, 9.17) is 4.43 Å². The van der Waals surface area contributed by atoms with Crippen molar-refractivity contribution in [2.24, 2.45) is 5.92 Å². The standard InChI is InChI=1S/C11H30N2OSi2/c1-9-13(15(6,7)8)16(12-4,14-5)10-11(2)3/h11-12H,9-10H2,1-8H3. The van der Waals surface area contributed by atoms with E-state index in [0.29, 0.717) is 5.92 Å². The Morgan fingerprint density at radius 3 is 1.94 bits per heavy atom. The summed E-state index contributed by atoms with van der Waals surface area (Å²) in [5.41, 5.74) is 0. The first kappa shape index (κ1) is 16.3. The van der Waals surface area contributed by atoms with E-state index < -0.39 is 16.9 Å². The van der Waals surface area contributed by atoms with E-state index in [1.165, 1.54) is 0 Å². The molecule has 0 aromatic carbocycles. The van der Waals surface area contributed by atoms with Gasteiger partial charge in [-0.25, -0.2) is 0 Å². The van der Waals surface area contributed by atoms with Crippen LogP contribution in [0.15, 0.2) is 0 Å². The highest BCUT2D eigenvalue weighted by molar-refractivity contribution is 6.87. The van der Waals surface area contributed by atoms with Crippen LogP contribution in [-0.4, -0.2) is 41.8 Å². The zero-order chi connectivity index (χ0) is 13.0. The molecular formula is C11H30N2OSi2. The van der Waals surface area contributed by atoms with Crippen LogP contribution in [0.1, 0.15) is 20.8 Å². The van der Waals surface area contributed by atoms with Gasteiger partial charge in [0.1, 0.15) is 8.24 Å². The average molecular weight is 263 g/mol. The van der Waals surface area contributed by atoms with Crippen LogP contribution >= 0.6 is 0 Å². The summed E-state index contributed by atoms with van der Waals surface area (Å²) in [7, 11) is 0.676. The SMILES string of the molecule is CCN([Si](C)(C)C)[Si](CC(C)C)(NC)OC. The third-order valence-electron chi connectivity index (χ3n) is 2.98. The lowest BCUT2D eigenvalue weighted by atomic mass is 10.3. The normalized spacial score (nSPS) is 16.9. The molecule has 0 saturated heterocycles. The average Bonchev–Trinajstić information content (AvgIpc) is 2.14. The van der Waals surface area contributed by atoms with Gasteiger partial charge >= 0.3 is 8.64 Å². The minimum Gasteiger partial charge on any atom is -0.395 e. The summed E-state index contributed by atoms with van der Waals surface area (Å²) in [5, 5.41) is 0. The molecule has 0 fully saturated rings. The molecule has 0 aromatic heterocycles. The first-order valence-electron chi connectivity index (χ1n) is 6.25. The van der Waals surface area contributed by atoms with Gasteiger partial charge in [0.05, 0.1) is 0 Å². The van der Waals surface area contributed by atoms with E-state index in [1.807, 2.05) is 7.11 Å². The van der Waals surface area contributed by atoms with Crippen molar-refractivity contribution < 1.29 is 4.43 Å². The molecule has 0 aliphatic heterocycles. The molecule has 0 amide bonds. The van der Waals surface area contributed by atoms with Crippen LogP contribution in [0.4, 0.5) is 0 Å². The minimum atomic E-state index is -1.93. The van der Waals surface area contributed by atoms with Gasteiger partial charge in [-0.15, -0.1) is 0 Å². The van der Waals surface area contributed by atoms with Crippen molar-refractivity contribution in [1.82, 2.24) is 9.21 Å². The van der Waals surface area contributed by atoms with Crippen molar-refractivity contribution in [1.29, 1.82) is 0 Å². The van der Waals surface area contributed by atoms with Crippen LogP contribution in [0.2, 0.25) is 25.7 Å². The molecule has 0 bridgehead atoms. The van der Waals surface area contributed by atoms with Gasteiger partial charge in [0.25, 0.3) is 0 Å². The second-order valence-electron chi connectivity index (χ2n) is 5.75. The Kier molecular flexibility index (Phi) is 6.43. The lowest BCUT2D eigenvalue weighted by molar-refractivity contribution is 0.319. The number of nitrogens with zero attached hydrogens (tertiary/aromatic N) is 1. The number of rotatable bonds is 7. The fourth-order valence-corrected chi connectivity index (χ4v) is 11.5. The smallest absolute Gasteiger partial charge is 0.347 e. The van der Waals surface area contributed by atoms with Crippen LogP contribution in [-0.2, 0) is 4.43 Å². The molecule has 98 valence electrons. The molecule has 3 nitrogen and oxygen atoms in total. The van der Waals surface area contributed by atoms with Gasteiger partial charge in [-0.3, -0.25) is 0 Å². The van der Waals surface area contributed by atoms with E-state index >= 15 is 0 Å². The molecule has 0 rings (SSSR count).